The molecule has 0 bridgehead atoms. The number of hydrogen-bond donors (Lipinski definition) is 1. The van der Waals surface area contributed by atoms with Crippen molar-refractivity contribution >= 4 is 0 Å². The van der Waals surface area contributed by atoms with Crippen LogP contribution in [0.4, 0.5) is 4.39 Å². The van der Waals surface area contributed by atoms with Crippen LogP contribution in [0.2, 0.25) is 0 Å². The SMILES string of the molecule is COc1ccc(CC2(C3CC3)CCCCCN2)cc1F. The lowest BCUT2D eigenvalue weighted by Gasteiger charge is -2.34. The number of rotatable bonds is 4. The van der Waals surface area contributed by atoms with Crippen molar-refractivity contribution in [2.45, 2.75) is 50.5 Å². The zero-order valence-electron chi connectivity index (χ0n) is 12.3. The summed E-state index contributed by atoms with van der Waals surface area (Å²) in [6.07, 6.45) is 8.70. The largest absolute Gasteiger partial charge is 0.494 e. The van der Waals surface area contributed by atoms with Crippen LogP contribution in [-0.2, 0) is 6.42 Å². The number of benzene rings is 1. The van der Waals surface area contributed by atoms with Crippen LogP contribution >= 0.6 is 0 Å². The second kappa shape index (κ2) is 5.72. The minimum Gasteiger partial charge on any atom is -0.494 e. The maximum absolute atomic E-state index is 13.9. The van der Waals surface area contributed by atoms with Crippen LogP contribution in [0, 0.1) is 11.7 Å². The summed E-state index contributed by atoms with van der Waals surface area (Å²) >= 11 is 0. The number of ether oxygens (including phenoxy) is 1. The molecule has 0 spiro atoms. The molecular formula is C17H24FNO. The topological polar surface area (TPSA) is 21.3 Å². The molecule has 0 radical (unpaired) electrons. The van der Waals surface area contributed by atoms with Gasteiger partial charge in [-0.25, -0.2) is 4.39 Å². The Morgan fingerprint density at radius 3 is 2.85 bits per heavy atom. The van der Waals surface area contributed by atoms with Crippen molar-refractivity contribution in [3.63, 3.8) is 0 Å². The maximum Gasteiger partial charge on any atom is 0.165 e. The maximum atomic E-state index is 13.9. The molecule has 1 aromatic rings. The molecule has 1 heterocycles. The molecule has 20 heavy (non-hydrogen) atoms. The Bertz CT molecular complexity index is 462. The molecule has 110 valence electrons. The Balaban J connectivity index is 1.80. The highest BCUT2D eigenvalue weighted by Gasteiger charge is 2.44. The molecule has 1 aromatic carbocycles. The van der Waals surface area contributed by atoms with Crippen molar-refractivity contribution in [2.24, 2.45) is 5.92 Å². The third-order valence-electron chi connectivity index (χ3n) is 4.87. The van der Waals surface area contributed by atoms with Gasteiger partial charge in [0.1, 0.15) is 0 Å². The van der Waals surface area contributed by atoms with Crippen molar-refractivity contribution in [1.29, 1.82) is 0 Å². The summed E-state index contributed by atoms with van der Waals surface area (Å²) in [4.78, 5) is 0. The summed E-state index contributed by atoms with van der Waals surface area (Å²) in [7, 11) is 1.51. The summed E-state index contributed by atoms with van der Waals surface area (Å²) < 4.78 is 18.9. The minimum atomic E-state index is -0.246. The van der Waals surface area contributed by atoms with Crippen LogP contribution in [0.15, 0.2) is 18.2 Å². The molecule has 0 amide bonds. The van der Waals surface area contributed by atoms with Crippen LogP contribution in [0.25, 0.3) is 0 Å². The van der Waals surface area contributed by atoms with Gasteiger partial charge in [-0.2, -0.15) is 0 Å². The second-order valence-corrected chi connectivity index (χ2v) is 6.31. The van der Waals surface area contributed by atoms with Crippen LogP contribution in [-0.4, -0.2) is 19.2 Å². The van der Waals surface area contributed by atoms with E-state index in [1.165, 1.54) is 45.6 Å². The summed E-state index contributed by atoms with van der Waals surface area (Å²) in [6.45, 7) is 1.11. The first-order valence-electron chi connectivity index (χ1n) is 7.81. The standard InChI is InChI=1S/C17H24FNO/c1-20-16-8-5-13(11-15(16)18)12-17(14-6-7-14)9-3-2-4-10-19-17/h5,8,11,14,19H,2-4,6-7,9-10,12H2,1H3. The lowest BCUT2D eigenvalue weighted by molar-refractivity contribution is 0.270. The van der Waals surface area contributed by atoms with E-state index in [0.717, 1.165) is 24.4 Å². The molecule has 3 rings (SSSR count). The average molecular weight is 277 g/mol. The van der Waals surface area contributed by atoms with Gasteiger partial charge in [0.25, 0.3) is 0 Å². The van der Waals surface area contributed by atoms with Crippen molar-refractivity contribution in [1.82, 2.24) is 5.32 Å². The summed E-state index contributed by atoms with van der Waals surface area (Å²) in [5.74, 6) is 0.873. The molecule has 2 nitrogen and oxygen atoms in total. The third-order valence-corrected chi connectivity index (χ3v) is 4.87. The molecule has 1 aliphatic heterocycles. The highest BCUT2D eigenvalue weighted by molar-refractivity contribution is 5.31. The van der Waals surface area contributed by atoms with E-state index in [4.69, 9.17) is 4.74 Å². The van der Waals surface area contributed by atoms with Gasteiger partial charge in [0.15, 0.2) is 11.6 Å². The van der Waals surface area contributed by atoms with Gasteiger partial charge in [-0.3, -0.25) is 0 Å². The van der Waals surface area contributed by atoms with E-state index in [0.29, 0.717) is 5.75 Å². The normalized spacial score (nSPS) is 27.1. The lowest BCUT2D eigenvalue weighted by atomic mass is 9.82. The third kappa shape index (κ3) is 2.83. The molecular weight excluding hydrogens is 253 g/mol. The fraction of sp³-hybridized carbons (Fsp3) is 0.647. The lowest BCUT2D eigenvalue weighted by Crippen LogP contribution is -2.48. The van der Waals surface area contributed by atoms with Gasteiger partial charge in [-0.15, -0.1) is 0 Å². The molecule has 1 N–H and O–H groups in total. The molecule has 1 atom stereocenters. The van der Waals surface area contributed by atoms with E-state index in [1.54, 1.807) is 12.1 Å². The van der Waals surface area contributed by atoms with Gasteiger partial charge in [0.05, 0.1) is 7.11 Å². The van der Waals surface area contributed by atoms with E-state index in [1.807, 2.05) is 6.07 Å². The van der Waals surface area contributed by atoms with E-state index in [9.17, 15) is 4.39 Å². The first-order chi connectivity index (χ1) is 9.73. The first-order valence-corrected chi connectivity index (χ1v) is 7.81. The van der Waals surface area contributed by atoms with Crippen LogP contribution < -0.4 is 10.1 Å². The van der Waals surface area contributed by atoms with Crippen molar-refractivity contribution in [3.05, 3.63) is 29.6 Å². The van der Waals surface area contributed by atoms with Crippen LogP contribution in [0.5, 0.6) is 5.75 Å². The van der Waals surface area contributed by atoms with Gasteiger partial charge >= 0.3 is 0 Å². The predicted octanol–water partition coefficient (Wildman–Crippen LogP) is 3.69. The molecule has 2 aliphatic rings. The zero-order chi connectivity index (χ0) is 14.0. The van der Waals surface area contributed by atoms with Crippen LogP contribution in [0.1, 0.15) is 44.1 Å². The van der Waals surface area contributed by atoms with Crippen molar-refractivity contribution in [2.75, 3.05) is 13.7 Å². The molecule has 0 aromatic heterocycles. The number of methoxy groups -OCH3 is 1. The summed E-state index contributed by atoms with van der Waals surface area (Å²) in [6, 6.07) is 5.41. The summed E-state index contributed by atoms with van der Waals surface area (Å²) in [5.41, 5.74) is 1.29. The number of nitrogens with one attached hydrogen (secondary N) is 1. The Labute approximate surface area is 120 Å². The zero-order valence-corrected chi connectivity index (χ0v) is 12.3. The number of halogens is 1. The van der Waals surface area contributed by atoms with E-state index in [2.05, 4.69) is 5.32 Å². The molecule has 1 saturated carbocycles. The highest BCUT2D eigenvalue weighted by atomic mass is 19.1. The Hall–Kier alpha value is -1.09. The minimum absolute atomic E-state index is 0.206. The molecule has 3 heteroatoms. The fourth-order valence-corrected chi connectivity index (χ4v) is 3.63. The second-order valence-electron chi connectivity index (χ2n) is 6.31. The molecule has 2 fully saturated rings. The molecule has 1 unspecified atom stereocenters. The number of hydrogen-bond acceptors (Lipinski definition) is 2. The van der Waals surface area contributed by atoms with Crippen molar-refractivity contribution in [3.8, 4) is 5.75 Å². The molecule has 1 aliphatic carbocycles. The Morgan fingerprint density at radius 1 is 1.30 bits per heavy atom. The predicted molar refractivity (Wildman–Crippen MR) is 78.6 cm³/mol. The quantitative estimate of drug-likeness (QED) is 0.906. The van der Waals surface area contributed by atoms with E-state index >= 15 is 0 Å². The molecule has 1 saturated heterocycles. The fourth-order valence-electron chi connectivity index (χ4n) is 3.63. The van der Waals surface area contributed by atoms with Gasteiger partial charge in [0, 0.05) is 5.54 Å². The Morgan fingerprint density at radius 2 is 2.15 bits per heavy atom. The first kappa shape index (κ1) is 13.9. The smallest absolute Gasteiger partial charge is 0.165 e. The van der Waals surface area contributed by atoms with Gasteiger partial charge in [-0.1, -0.05) is 18.9 Å². The van der Waals surface area contributed by atoms with Crippen molar-refractivity contribution < 1.29 is 9.13 Å². The van der Waals surface area contributed by atoms with E-state index < -0.39 is 0 Å². The van der Waals surface area contributed by atoms with Gasteiger partial charge < -0.3 is 10.1 Å². The van der Waals surface area contributed by atoms with Gasteiger partial charge in [-0.05, 0) is 62.3 Å². The van der Waals surface area contributed by atoms with Crippen LogP contribution in [0.3, 0.4) is 0 Å². The van der Waals surface area contributed by atoms with E-state index in [-0.39, 0.29) is 11.4 Å². The van der Waals surface area contributed by atoms with Gasteiger partial charge in [0.2, 0.25) is 0 Å². The highest BCUT2D eigenvalue weighted by Crippen LogP contribution is 2.45. The average Bonchev–Trinajstić information content (AvgIpc) is 3.26. The summed E-state index contributed by atoms with van der Waals surface area (Å²) in [5, 5.41) is 3.80. The Kier molecular flexibility index (Phi) is 3.97. The monoisotopic (exact) mass is 277 g/mol.